The van der Waals surface area contributed by atoms with Gasteiger partial charge in [0.2, 0.25) is 0 Å². The van der Waals surface area contributed by atoms with Crippen molar-refractivity contribution >= 4 is 17.2 Å². The lowest BCUT2D eigenvalue weighted by Gasteiger charge is -2.10. The van der Waals surface area contributed by atoms with Crippen molar-refractivity contribution in [2.45, 2.75) is 39.5 Å². The van der Waals surface area contributed by atoms with Crippen LogP contribution in [0.3, 0.4) is 0 Å². The molecule has 3 rings (SSSR count). The fourth-order valence-corrected chi connectivity index (χ4v) is 2.76. The first-order valence-corrected chi connectivity index (χ1v) is 8.45. The van der Waals surface area contributed by atoms with Crippen LogP contribution in [-0.2, 0) is 0 Å². The molecule has 26 heavy (non-hydrogen) atoms. The smallest absolute Gasteiger partial charge is 0.280 e. The number of hydrogen-bond acceptors (Lipinski definition) is 3. The summed E-state index contributed by atoms with van der Waals surface area (Å²) in [4.78, 5) is 16.8. The van der Waals surface area contributed by atoms with Crippen molar-refractivity contribution in [3.05, 3.63) is 59.0 Å². The van der Waals surface area contributed by atoms with Gasteiger partial charge in [-0.1, -0.05) is 26.0 Å². The monoisotopic (exact) mass is 358 g/mol. The summed E-state index contributed by atoms with van der Waals surface area (Å²) in [5.74, 6) is 0.00826. The number of carbonyl (C=O) groups is 1. The second-order valence-electron chi connectivity index (χ2n) is 6.30. The molecule has 1 N–H and O–H groups in total. The number of fused-ring (bicyclic) bond motifs is 1. The van der Waals surface area contributed by atoms with Gasteiger partial charge in [0.25, 0.3) is 12.3 Å². The zero-order chi connectivity index (χ0) is 18.8. The quantitative estimate of drug-likeness (QED) is 0.716. The molecule has 136 valence electrons. The predicted molar refractivity (Wildman–Crippen MR) is 95.8 cm³/mol. The van der Waals surface area contributed by atoms with Gasteiger partial charge in [0.15, 0.2) is 5.65 Å². The van der Waals surface area contributed by atoms with Gasteiger partial charge in [0, 0.05) is 11.4 Å². The Morgan fingerprint density at radius 1 is 1.27 bits per heavy atom. The number of anilines is 1. The zero-order valence-electron chi connectivity index (χ0n) is 14.8. The summed E-state index contributed by atoms with van der Waals surface area (Å²) in [6, 6.07) is 8.86. The molecule has 0 saturated heterocycles. The number of aromatic nitrogens is 3. The molecule has 5 nitrogen and oxygen atoms in total. The standard InChI is InChI=1S/C19H20F2N4O/c1-4-11(2)13-5-7-14(8-6-13)24-19(26)15-10-22-25-16(17(20)21)9-12(3)23-18(15)25/h5-11,17H,4H2,1-3H3,(H,24,26)/t11-/m1/s1. The number of alkyl halides is 2. The molecule has 2 aromatic heterocycles. The summed E-state index contributed by atoms with van der Waals surface area (Å²) in [6.07, 6.45) is -0.412. The third-order valence-corrected chi connectivity index (χ3v) is 4.45. The van der Waals surface area contributed by atoms with E-state index in [1.165, 1.54) is 17.8 Å². The Kier molecular flexibility index (Phi) is 4.97. The SMILES string of the molecule is CC[C@@H](C)c1ccc(NC(=O)c2cnn3c(C(F)F)cc(C)nc23)cc1. The Hall–Kier alpha value is -2.83. The van der Waals surface area contributed by atoms with Crippen LogP contribution in [0.1, 0.15) is 59.9 Å². The average Bonchev–Trinajstić information content (AvgIpc) is 3.04. The zero-order valence-corrected chi connectivity index (χ0v) is 14.8. The second-order valence-corrected chi connectivity index (χ2v) is 6.30. The number of nitrogens with one attached hydrogen (secondary N) is 1. The highest BCUT2D eigenvalue weighted by Gasteiger charge is 2.20. The van der Waals surface area contributed by atoms with E-state index in [0.29, 0.717) is 17.3 Å². The number of amides is 1. The van der Waals surface area contributed by atoms with Crippen LogP contribution in [0.15, 0.2) is 36.5 Å². The summed E-state index contributed by atoms with van der Waals surface area (Å²) in [5, 5.41) is 6.67. The van der Waals surface area contributed by atoms with E-state index < -0.39 is 12.3 Å². The van der Waals surface area contributed by atoms with E-state index in [0.717, 1.165) is 10.9 Å². The number of aryl methyl sites for hydroxylation is 1. The molecule has 0 spiro atoms. The first kappa shape index (κ1) is 18.0. The first-order chi connectivity index (χ1) is 12.4. The van der Waals surface area contributed by atoms with Crippen molar-refractivity contribution < 1.29 is 13.6 Å². The molecular formula is C19H20F2N4O. The van der Waals surface area contributed by atoms with Crippen LogP contribution in [0.5, 0.6) is 0 Å². The molecule has 0 saturated carbocycles. The number of halogens is 2. The topological polar surface area (TPSA) is 59.3 Å². The number of nitrogens with zero attached hydrogens (tertiary/aromatic N) is 3. The van der Waals surface area contributed by atoms with Gasteiger partial charge in [-0.25, -0.2) is 18.3 Å². The summed E-state index contributed by atoms with van der Waals surface area (Å²) < 4.78 is 27.4. The van der Waals surface area contributed by atoms with Gasteiger partial charge in [0.05, 0.1) is 6.20 Å². The maximum Gasteiger partial charge on any atom is 0.280 e. The lowest BCUT2D eigenvalue weighted by molar-refractivity contribution is 0.102. The van der Waals surface area contributed by atoms with Gasteiger partial charge in [-0.05, 0) is 43.0 Å². The highest BCUT2D eigenvalue weighted by atomic mass is 19.3. The highest BCUT2D eigenvalue weighted by molar-refractivity contribution is 6.08. The van der Waals surface area contributed by atoms with Crippen LogP contribution in [0.4, 0.5) is 14.5 Å². The maximum atomic E-state index is 13.2. The Morgan fingerprint density at radius 3 is 2.58 bits per heavy atom. The van der Waals surface area contributed by atoms with E-state index in [4.69, 9.17) is 0 Å². The minimum Gasteiger partial charge on any atom is -0.322 e. The Balaban J connectivity index is 1.89. The van der Waals surface area contributed by atoms with Gasteiger partial charge in [-0.3, -0.25) is 4.79 Å². The third-order valence-electron chi connectivity index (χ3n) is 4.45. The van der Waals surface area contributed by atoms with Crippen LogP contribution < -0.4 is 5.32 Å². The molecule has 1 amide bonds. The molecule has 0 aliphatic carbocycles. The Labute approximate surface area is 150 Å². The minimum absolute atomic E-state index is 0.119. The molecule has 0 unspecified atom stereocenters. The van der Waals surface area contributed by atoms with Crippen molar-refractivity contribution in [3.8, 4) is 0 Å². The number of carbonyl (C=O) groups excluding carboxylic acids is 1. The van der Waals surface area contributed by atoms with Crippen molar-refractivity contribution in [2.75, 3.05) is 5.32 Å². The molecule has 0 bridgehead atoms. The lowest BCUT2D eigenvalue weighted by Crippen LogP contribution is -2.13. The fourth-order valence-electron chi connectivity index (χ4n) is 2.76. The molecule has 0 aliphatic heterocycles. The van der Waals surface area contributed by atoms with Gasteiger partial charge in [-0.2, -0.15) is 5.10 Å². The van der Waals surface area contributed by atoms with Gasteiger partial charge in [-0.15, -0.1) is 0 Å². The Morgan fingerprint density at radius 2 is 1.96 bits per heavy atom. The molecule has 2 heterocycles. The molecular weight excluding hydrogens is 338 g/mol. The van der Waals surface area contributed by atoms with Crippen LogP contribution >= 0.6 is 0 Å². The molecule has 1 atom stereocenters. The number of rotatable bonds is 5. The predicted octanol–water partition coefficient (Wildman–Crippen LogP) is 4.74. The van der Waals surface area contributed by atoms with E-state index in [-0.39, 0.29) is 16.9 Å². The fraction of sp³-hybridized carbons (Fsp3) is 0.316. The van der Waals surface area contributed by atoms with Crippen LogP contribution in [0.2, 0.25) is 0 Å². The summed E-state index contributed by atoms with van der Waals surface area (Å²) in [5.41, 5.74) is 2.21. The maximum absolute atomic E-state index is 13.2. The van der Waals surface area contributed by atoms with Gasteiger partial charge >= 0.3 is 0 Å². The summed E-state index contributed by atoms with van der Waals surface area (Å²) in [6.45, 7) is 5.86. The van der Waals surface area contributed by atoms with Crippen LogP contribution in [-0.4, -0.2) is 20.5 Å². The van der Waals surface area contributed by atoms with Crippen LogP contribution in [0.25, 0.3) is 5.65 Å². The van der Waals surface area contributed by atoms with Crippen molar-refractivity contribution in [1.29, 1.82) is 0 Å². The highest BCUT2D eigenvalue weighted by Crippen LogP contribution is 2.23. The van der Waals surface area contributed by atoms with E-state index >= 15 is 0 Å². The largest absolute Gasteiger partial charge is 0.322 e. The number of benzene rings is 1. The molecule has 0 aliphatic rings. The van der Waals surface area contributed by atoms with Crippen molar-refractivity contribution in [1.82, 2.24) is 14.6 Å². The molecule has 1 aromatic carbocycles. The molecule has 0 fully saturated rings. The van der Waals surface area contributed by atoms with E-state index in [1.807, 2.05) is 24.3 Å². The van der Waals surface area contributed by atoms with E-state index in [1.54, 1.807) is 6.92 Å². The van der Waals surface area contributed by atoms with Crippen LogP contribution in [0, 0.1) is 6.92 Å². The van der Waals surface area contributed by atoms with E-state index in [2.05, 4.69) is 29.2 Å². The van der Waals surface area contributed by atoms with Gasteiger partial charge < -0.3 is 5.32 Å². The summed E-state index contributed by atoms with van der Waals surface area (Å²) in [7, 11) is 0. The van der Waals surface area contributed by atoms with Gasteiger partial charge in [0.1, 0.15) is 11.3 Å². The molecule has 0 radical (unpaired) electrons. The summed E-state index contributed by atoms with van der Waals surface area (Å²) >= 11 is 0. The minimum atomic E-state index is -2.71. The third kappa shape index (κ3) is 3.42. The number of hydrogen-bond donors (Lipinski definition) is 1. The van der Waals surface area contributed by atoms with Crippen molar-refractivity contribution in [2.24, 2.45) is 0 Å². The molecule has 3 aromatic rings. The first-order valence-electron chi connectivity index (χ1n) is 8.45. The Bertz CT molecular complexity index is 935. The average molecular weight is 358 g/mol. The normalized spacial score (nSPS) is 12.5. The van der Waals surface area contributed by atoms with E-state index in [9.17, 15) is 13.6 Å². The lowest BCUT2D eigenvalue weighted by atomic mass is 9.99. The molecule has 7 heteroatoms. The second kappa shape index (κ2) is 7.19. The van der Waals surface area contributed by atoms with Crippen molar-refractivity contribution in [3.63, 3.8) is 0 Å².